The van der Waals surface area contributed by atoms with Crippen molar-refractivity contribution < 1.29 is 32.6 Å². The molecule has 0 radical (unpaired) electrons. The quantitative estimate of drug-likeness (QED) is 0.673. The number of ether oxygens (including phenoxy) is 1. The van der Waals surface area contributed by atoms with Gasteiger partial charge in [-0.1, -0.05) is 0 Å². The highest BCUT2D eigenvalue weighted by atomic mass is 19.4. The van der Waals surface area contributed by atoms with Crippen LogP contribution in [0.15, 0.2) is 12.1 Å². The Hall–Kier alpha value is -2.16. The molecule has 1 unspecified atom stereocenters. The van der Waals surface area contributed by atoms with Gasteiger partial charge in [-0.25, -0.2) is 9.78 Å². The number of hydrogen-bond acceptors (Lipinski definition) is 5. The zero-order chi connectivity index (χ0) is 16.5. The molecule has 2 heterocycles. The highest BCUT2D eigenvalue weighted by molar-refractivity contribution is 6.01. The highest BCUT2D eigenvalue weighted by Gasteiger charge is 2.40. The van der Waals surface area contributed by atoms with Crippen LogP contribution in [-0.2, 0) is 20.5 Å². The molecule has 1 atom stereocenters. The van der Waals surface area contributed by atoms with Crippen LogP contribution in [0.1, 0.15) is 24.1 Å². The van der Waals surface area contributed by atoms with Crippen LogP contribution < -0.4 is 4.90 Å². The second-order valence-electron chi connectivity index (χ2n) is 4.76. The summed E-state index contributed by atoms with van der Waals surface area (Å²) < 4.78 is 43.0. The number of hydrogen-bond donors (Lipinski definition) is 1. The van der Waals surface area contributed by atoms with Crippen LogP contribution in [0, 0.1) is 6.92 Å². The Labute approximate surface area is 123 Å². The molecule has 1 saturated heterocycles. The zero-order valence-corrected chi connectivity index (χ0v) is 11.6. The Kier molecular flexibility index (Phi) is 4.36. The molecule has 2 rings (SSSR count). The van der Waals surface area contributed by atoms with Crippen molar-refractivity contribution in [1.29, 1.82) is 0 Å². The Morgan fingerprint density at radius 3 is 2.77 bits per heavy atom. The third-order valence-corrected chi connectivity index (χ3v) is 3.20. The number of amides is 1. The molecule has 0 aliphatic carbocycles. The maximum Gasteiger partial charge on any atom is 0.416 e. The predicted octanol–water partition coefficient (Wildman–Crippen LogP) is 1.40. The lowest BCUT2D eigenvalue weighted by Crippen LogP contribution is -2.40. The number of aryl methyl sites for hydroxylation is 1. The summed E-state index contributed by atoms with van der Waals surface area (Å²) in [5, 5.41) is 8.60. The van der Waals surface area contributed by atoms with Gasteiger partial charge >= 0.3 is 12.1 Å². The molecule has 1 fully saturated rings. The molecular weight excluding hydrogens is 305 g/mol. The third-order valence-electron chi connectivity index (χ3n) is 3.20. The number of aromatic nitrogens is 1. The highest BCUT2D eigenvalue weighted by Crippen LogP contribution is 2.34. The van der Waals surface area contributed by atoms with E-state index in [0.717, 1.165) is 17.0 Å². The number of alkyl halides is 3. The molecule has 1 aliphatic heterocycles. The van der Waals surface area contributed by atoms with Gasteiger partial charge in [0.25, 0.3) is 0 Å². The van der Waals surface area contributed by atoms with Crippen LogP contribution in [0.2, 0.25) is 0 Å². The van der Waals surface area contributed by atoms with Gasteiger partial charge in [-0.05, 0) is 25.5 Å². The summed E-state index contributed by atoms with van der Waals surface area (Å²) in [6.07, 6.45) is -4.51. The van der Waals surface area contributed by atoms with Crippen molar-refractivity contribution in [2.45, 2.75) is 32.0 Å². The molecule has 22 heavy (non-hydrogen) atoms. The Bertz CT molecular complexity index is 603. The molecule has 1 aromatic heterocycles. The number of aliphatic hydroxyl groups is 1. The van der Waals surface area contributed by atoms with Crippen molar-refractivity contribution >= 4 is 17.7 Å². The number of esters is 1. The first kappa shape index (κ1) is 16.2. The van der Waals surface area contributed by atoms with E-state index in [9.17, 15) is 22.8 Å². The van der Waals surface area contributed by atoms with Gasteiger partial charge in [0.2, 0.25) is 5.91 Å². The molecule has 1 amide bonds. The second kappa shape index (κ2) is 5.91. The van der Waals surface area contributed by atoms with Crippen molar-refractivity contribution in [2.24, 2.45) is 0 Å². The van der Waals surface area contributed by atoms with Gasteiger partial charge in [0.05, 0.1) is 5.56 Å². The fourth-order valence-corrected chi connectivity index (χ4v) is 2.29. The summed E-state index contributed by atoms with van der Waals surface area (Å²) in [6.45, 7) is 0.493. The maximum atomic E-state index is 12.9. The smallest absolute Gasteiger partial charge is 0.416 e. The molecule has 1 aliphatic rings. The largest absolute Gasteiger partial charge is 0.437 e. The number of pyridine rings is 1. The van der Waals surface area contributed by atoms with Crippen molar-refractivity contribution in [3.8, 4) is 0 Å². The van der Waals surface area contributed by atoms with Gasteiger partial charge in [0.15, 0.2) is 6.79 Å². The van der Waals surface area contributed by atoms with Gasteiger partial charge in [-0.2, -0.15) is 13.2 Å². The molecule has 0 spiro atoms. The van der Waals surface area contributed by atoms with Gasteiger partial charge in [-0.15, -0.1) is 0 Å². The lowest BCUT2D eigenvalue weighted by molar-refractivity contribution is -0.153. The first-order valence-electron chi connectivity index (χ1n) is 6.39. The summed E-state index contributed by atoms with van der Waals surface area (Å²) in [5.74, 6) is -1.66. The topological polar surface area (TPSA) is 79.7 Å². The van der Waals surface area contributed by atoms with Crippen LogP contribution in [0.5, 0.6) is 0 Å². The SMILES string of the molecule is Cc1cc(C(F)(F)F)cc(N2C(=O)CCC2C(=O)OCO)n1. The minimum atomic E-state index is -4.59. The molecule has 6 nitrogen and oxygen atoms in total. The van der Waals surface area contributed by atoms with E-state index in [1.807, 2.05) is 0 Å². The number of halogens is 3. The van der Waals surface area contributed by atoms with E-state index in [1.165, 1.54) is 6.92 Å². The fourth-order valence-electron chi connectivity index (χ4n) is 2.29. The van der Waals surface area contributed by atoms with Gasteiger partial charge in [-0.3, -0.25) is 9.69 Å². The molecule has 0 bridgehead atoms. The number of aliphatic hydroxyl groups excluding tert-OH is 1. The summed E-state index contributed by atoms with van der Waals surface area (Å²) in [7, 11) is 0. The number of carbonyl (C=O) groups excluding carboxylic acids is 2. The molecule has 0 aromatic carbocycles. The average Bonchev–Trinajstić information content (AvgIpc) is 2.79. The minimum absolute atomic E-state index is 0.0117. The minimum Gasteiger partial charge on any atom is -0.437 e. The van der Waals surface area contributed by atoms with Crippen LogP contribution in [-0.4, -0.2) is 34.8 Å². The Balaban J connectivity index is 2.42. The van der Waals surface area contributed by atoms with Crippen molar-refractivity contribution in [3.63, 3.8) is 0 Å². The Morgan fingerprint density at radius 2 is 2.18 bits per heavy atom. The lowest BCUT2D eigenvalue weighted by Gasteiger charge is -2.23. The standard InChI is InChI=1S/C13H13F3N2O4/c1-7-4-8(13(14,15)16)5-10(17-7)18-9(2-3-11(18)20)12(21)22-6-19/h4-5,9,19H,2-3,6H2,1H3. The summed E-state index contributed by atoms with van der Waals surface area (Å²) in [5.41, 5.74) is -0.886. The number of rotatable bonds is 3. The van der Waals surface area contributed by atoms with Gasteiger partial charge in [0.1, 0.15) is 11.9 Å². The zero-order valence-electron chi connectivity index (χ0n) is 11.6. The number of anilines is 1. The summed E-state index contributed by atoms with van der Waals surface area (Å²) >= 11 is 0. The van der Waals surface area contributed by atoms with Crippen LogP contribution in [0.3, 0.4) is 0 Å². The fraction of sp³-hybridized carbons (Fsp3) is 0.462. The van der Waals surface area contributed by atoms with E-state index in [1.54, 1.807) is 0 Å². The van der Waals surface area contributed by atoms with E-state index in [2.05, 4.69) is 9.72 Å². The molecule has 1 aromatic rings. The van der Waals surface area contributed by atoms with E-state index in [4.69, 9.17) is 5.11 Å². The second-order valence-corrected chi connectivity index (χ2v) is 4.76. The van der Waals surface area contributed by atoms with E-state index >= 15 is 0 Å². The normalized spacial score (nSPS) is 18.7. The number of nitrogens with zero attached hydrogens (tertiary/aromatic N) is 2. The van der Waals surface area contributed by atoms with Gasteiger partial charge in [0, 0.05) is 12.1 Å². The van der Waals surface area contributed by atoms with Crippen molar-refractivity contribution in [3.05, 3.63) is 23.4 Å². The summed E-state index contributed by atoms with van der Waals surface area (Å²) in [6, 6.07) is 0.482. The molecule has 0 saturated carbocycles. The molecule has 120 valence electrons. The van der Waals surface area contributed by atoms with Crippen LogP contribution in [0.25, 0.3) is 0 Å². The first-order chi connectivity index (χ1) is 10.2. The van der Waals surface area contributed by atoms with E-state index in [0.29, 0.717) is 0 Å². The van der Waals surface area contributed by atoms with Crippen molar-refractivity contribution in [1.82, 2.24) is 4.98 Å². The maximum absolute atomic E-state index is 12.9. The average molecular weight is 318 g/mol. The van der Waals surface area contributed by atoms with Crippen LogP contribution >= 0.6 is 0 Å². The van der Waals surface area contributed by atoms with Crippen molar-refractivity contribution in [2.75, 3.05) is 11.7 Å². The third kappa shape index (κ3) is 3.19. The molecular formula is C13H13F3N2O4. The van der Waals surface area contributed by atoms with Gasteiger partial charge < -0.3 is 9.84 Å². The molecule has 9 heteroatoms. The van der Waals surface area contributed by atoms with Crippen LogP contribution in [0.4, 0.5) is 19.0 Å². The lowest BCUT2D eigenvalue weighted by atomic mass is 10.2. The monoisotopic (exact) mass is 318 g/mol. The summed E-state index contributed by atoms with van der Waals surface area (Å²) in [4.78, 5) is 28.4. The molecule has 1 N–H and O–H groups in total. The predicted molar refractivity (Wildman–Crippen MR) is 67.7 cm³/mol. The number of carbonyl (C=O) groups is 2. The Morgan fingerprint density at radius 1 is 1.50 bits per heavy atom. The van der Waals surface area contributed by atoms with E-state index in [-0.39, 0.29) is 24.4 Å². The van der Waals surface area contributed by atoms with E-state index < -0.39 is 36.5 Å². The first-order valence-corrected chi connectivity index (χ1v) is 6.39.